The van der Waals surface area contributed by atoms with Crippen molar-refractivity contribution in [3.05, 3.63) is 64.7 Å². The van der Waals surface area contributed by atoms with E-state index in [-0.39, 0.29) is 12.1 Å². The first-order valence-electron chi connectivity index (χ1n) is 9.33. The van der Waals surface area contributed by atoms with E-state index in [1.807, 2.05) is 20.8 Å². The summed E-state index contributed by atoms with van der Waals surface area (Å²) in [5.74, 6) is -0.452. The molecule has 3 heterocycles. The lowest BCUT2D eigenvalue weighted by Crippen LogP contribution is -2.14. The maximum absolute atomic E-state index is 13.7. The van der Waals surface area contributed by atoms with Gasteiger partial charge in [0.05, 0.1) is 11.4 Å². The number of aryl methyl sites for hydroxylation is 2. The average Bonchev–Trinajstić information content (AvgIpc) is 3.22. The zero-order valence-corrected chi connectivity index (χ0v) is 16.6. The minimum atomic E-state index is -0.685. The molecule has 1 amide bonds. The number of nitrogens with zero attached hydrogens (tertiary/aromatic N) is 6. The van der Waals surface area contributed by atoms with Crippen LogP contribution < -0.4 is 5.32 Å². The molecule has 0 saturated heterocycles. The lowest BCUT2D eigenvalue weighted by atomic mass is 10.1. The molecule has 8 nitrogen and oxygen atoms in total. The van der Waals surface area contributed by atoms with E-state index in [9.17, 15) is 13.6 Å². The molecule has 1 N–H and O–H groups in total. The molecule has 4 rings (SSSR count). The van der Waals surface area contributed by atoms with Crippen LogP contribution in [0.5, 0.6) is 0 Å². The Labute approximate surface area is 170 Å². The molecule has 4 aromatic rings. The van der Waals surface area contributed by atoms with Crippen LogP contribution in [0.2, 0.25) is 0 Å². The number of hydrogen-bond donors (Lipinski definition) is 1. The van der Waals surface area contributed by atoms with Crippen molar-refractivity contribution in [1.82, 2.24) is 29.6 Å². The molecule has 30 heavy (non-hydrogen) atoms. The van der Waals surface area contributed by atoms with Gasteiger partial charge in [0.1, 0.15) is 11.6 Å². The van der Waals surface area contributed by atoms with Crippen molar-refractivity contribution in [2.24, 2.45) is 0 Å². The van der Waals surface area contributed by atoms with Gasteiger partial charge >= 0.3 is 0 Å². The highest BCUT2D eigenvalue weighted by atomic mass is 19.1. The van der Waals surface area contributed by atoms with Crippen LogP contribution in [0.4, 0.5) is 14.5 Å². The summed E-state index contributed by atoms with van der Waals surface area (Å²) in [5.41, 5.74) is 2.96. The van der Waals surface area contributed by atoms with Gasteiger partial charge in [-0.2, -0.15) is 9.61 Å². The molecule has 0 spiro atoms. The molecular formula is C20H19F2N7O. The van der Waals surface area contributed by atoms with E-state index in [1.165, 1.54) is 0 Å². The third-order valence-corrected chi connectivity index (χ3v) is 4.87. The number of aromatic nitrogens is 6. The van der Waals surface area contributed by atoms with Crippen molar-refractivity contribution in [2.45, 2.75) is 33.6 Å². The van der Waals surface area contributed by atoms with Crippen LogP contribution in [-0.4, -0.2) is 35.5 Å². The van der Waals surface area contributed by atoms with Gasteiger partial charge in [-0.25, -0.2) is 13.5 Å². The fraction of sp³-hybridized carbons (Fsp3) is 0.250. The van der Waals surface area contributed by atoms with Crippen LogP contribution in [0.25, 0.3) is 11.5 Å². The van der Waals surface area contributed by atoms with E-state index in [0.717, 1.165) is 35.2 Å². The number of nitrogens with one attached hydrogen (secondary N) is 1. The standard InChI is InChI=1S/C20H19F2N7O/c1-11-15(5-9-20(30)23-17-10-14(21)4-6-16(17)22)12(2)28(26-11)19-8-7-18-25-24-13(3)29(18)27-19/h4,6-8,10H,5,9H2,1-3H3,(H,23,30). The van der Waals surface area contributed by atoms with Crippen LogP contribution in [0.1, 0.15) is 29.2 Å². The summed E-state index contributed by atoms with van der Waals surface area (Å²) in [6.45, 7) is 5.55. The van der Waals surface area contributed by atoms with Gasteiger partial charge < -0.3 is 5.32 Å². The van der Waals surface area contributed by atoms with E-state index in [1.54, 1.807) is 21.3 Å². The number of fused-ring (bicyclic) bond motifs is 1. The smallest absolute Gasteiger partial charge is 0.224 e. The fourth-order valence-electron chi connectivity index (χ4n) is 3.30. The van der Waals surface area contributed by atoms with Crippen molar-refractivity contribution < 1.29 is 13.6 Å². The van der Waals surface area contributed by atoms with E-state index in [4.69, 9.17) is 0 Å². The van der Waals surface area contributed by atoms with Gasteiger partial charge in [0, 0.05) is 18.2 Å². The summed E-state index contributed by atoms with van der Waals surface area (Å²) in [6.07, 6.45) is 0.495. The predicted molar refractivity (Wildman–Crippen MR) is 105 cm³/mol. The lowest BCUT2D eigenvalue weighted by Gasteiger charge is -2.07. The molecule has 0 aliphatic heterocycles. The second-order valence-electron chi connectivity index (χ2n) is 6.94. The molecule has 10 heteroatoms. The molecule has 0 radical (unpaired) electrons. The number of carbonyl (C=O) groups excluding carboxylic acids is 1. The number of carbonyl (C=O) groups is 1. The summed E-state index contributed by atoms with van der Waals surface area (Å²) in [5, 5.41) is 19.5. The van der Waals surface area contributed by atoms with Crippen molar-refractivity contribution in [2.75, 3.05) is 5.32 Å². The van der Waals surface area contributed by atoms with Crippen molar-refractivity contribution in [1.29, 1.82) is 0 Å². The van der Waals surface area contributed by atoms with Gasteiger partial charge in [0.15, 0.2) is 17.3 Å². The van der Waals surface area contributed by atoms with Gasteiger partial charge in [0.25, 0.3) is 0 Å². The summed E-state index contributed by atoms with van der Waals surface area (Å²) in [6, 6.07) is 6.53. The van der Waals surface area contributed by atoms with Crippen molar-refractivity contribution in [3.8, 4) is 5.82 Å². The molecule has 1 aromatic carbocycles. The largest absolute Gasteiger partial charge is 0.324 e. The van der Waals surface area contributed by atoms with Crippen molar-refractivity contribution in [3.63, 3.8) is 0 Å². The molecule has 0 aliphatic carbocycles. The first-order valence-corrected chi connectivity index (χ1v) is 9.33. The second kappa shape index (κ2) is 7.62. The minimum Gasteiger partial charge on any atom is -0.324 e. The third-order valence-electron chi connectivity index (χ3n) is 4.87. The lowest BCUT2D eigenvalue weighted by molar-refractivity contribution is -0.116. The fourth-order valence-corrected chi connectivity index (χ4v) is 3.30. The SMILES string of the molecule is Cc1nn(-c2ccc3nnc(C)n3n2)c(C)c1CCC(=O)Nc1cc(F)ccc1F. The summed E-state index contributed by atoms with van der Waals surface area (Å²) < 4.78 is 30.3. The van der Waals surface area contributed by atoms with E-state index in [0.29, 0.717) is 23.7 Å². The number of amides is 1. The molecule has 0 aliphatic rings. The first kappa shape index (κ1) is 19.6. The van der Waals surface area contributed by atoms with Crippen molar-refractivity contribution >= 4 is 17.2 Å². The monoisotopic (exact) mass is 411 g/mol. The summed E-state index contributed by atoms with van der Waals surface area (Å²) in [7, 11) is 0. The number of halogens is 2. The van der Waals surface area contributed by atoms with Crippen LogP contribution in [0.3, 0.4) is 0 Å². The van der Waals surface area contributed by atoms with Gasteiger partial charge in [-0.15, -0.1) is 15.3 Å². The molecule has 0 saturated carbocycles. The topological polar surface area (TPSA) is 90.0 Å². The van der Waals surface area contributed by atoms with Gasteiger partial charge in [0.2, 0.25) is 5.91 Å². The first-order chi connectivity index (χ1) is 14.3. The molecule has 0 atom stereocenters. The highest BCUT2D eigenvalue weighted by molar-refractivity contribution is 5.91. The third kappa shape index (κ3) is 3.63. The van der Waals surface area contributed by atoms with Crippen LogP contribution in [0, 0.1) is 32.4 Å². The second-order valence-corrected chi connectivity index (χ2v) is 6.94. The summed E-state index contributed by atoms with van der Waals surface area (Å²) >= 11 is 0. The Bertz CT molecular complexity index is 1260. The van der Waals surface area contributed by atoms with Gasteiger partial charge in [-0.05, 0) is 57.0 Å². The quantitative estimate of drug-likeness (QED) is 0.545. The molecule has 0 fully saturated rings. The maximum atomic E-state index is 13.7. The molecule has 154 valence electrons. The van der Waals surface area contributed by atoms with Crippen LogP contribution >= 0.6 is 0 Å². The van der Waals surface area contributed by atoms with Gasteiger partial charge in [-0.3, -0.25) is 4.79 Å². The number of anilines is 1. The maximum Gasteiger partial charge on any atom is 0.224 e. The molecule has 0 bridgehead atoms. The Kier molecular flexibility index (Phi) is 4.98. The van der Waals surface area contributed by atoms with Crippen LogP contribution in [0.15, 0.2) is 30.3 Å². The Morgan fingerprint density at radius 3 is 2.67 bits per heavy atom. The predicted octanol–water partition coefficient (Wildman–Crippen LogP) is 3.08. The van der Waals surface area contributed by atoms with Crippen LogP contribution in [-0.2, 0) is 11.2 Å². The normalized spacial score (nSPS) is 11.2. The van der Waals surface area contributed by atoms with E-state index < -0.39 is 17.5 Å². The number of benzene rings is 1. The number of hydrogen-bond acceptors (Lipinski definition) is 5. The van der Waals surface area contributed by atoms with E-state index in [2.05, 4.69) is 25.7 Å². The molecule has 0 unspecified atom stereocenters. The summed E-state index contributed by atoms with van der Waals surface area (Å²) in [4.78, 5) is 12.2. The number of rotatable bonds is 5. The van der Waals surface area contributed by atoms with E-state index >= 15 is 0 Å². The molecule has 3 aromatic heterocycles. The zero-order chi connectivity index (χ0) is 21.4. The Morgan fingerprint density at radius 2 is 1.87 bits per heavy atom. The Hall–Kier alpha value is -3.69. The highest BCUT2D eigenvalue weighted by Crippen LogP contribution is 2.20. The zero-order valence-electron chi connectivity index (χ0n) is 16.6. The average molecular weight is 411 g/mol. The minimum absolute atomic E-state index is 0.0976. The highest BCUT2D eigenvalue weighted by Gasteiger charge is 2.16. The Morgan fingerprint density at radius 1 is 1.07 bits per heavy atom. The molecular weight excluding hydrogens is 392 g/mol. The van der Waals surface area contributed by atoms with Gasteiger partial charge in [-0.1, -0.05) is 0 Å². The Balaban J connectivity index is 1.52.